The van der Waals surface area contributed by atoms with E-state index >= 15 is 0 Å². The molecule has 0 radical (unpaired) electrons. The fourth-order valence-corrected chi connectivity index (χ4v) is 5.15. The largest absolute Gasteiger partial charge is 0.369 e. The first-order chi connectivity index (χ1) is 15.0. The molecule has 1 spiro atoms. The molecule has 3 aromatic rings. The predicted octanol–water partition coefficient (Wildman–Crippen LogP) is 2.84. The number of rotatable bonds is 2. The number of likely N-dealkylation sites (tertiary alicyclic amines) is 1. The Balaban J connectivity index is 1.43. The number of hydrogen-bond acceptors (Lipinski definition) is 5. The number of benzene rings is 1. The van der Waals surface area contributed by atoms with Crippen LogP contribution in [-0.4, -0.2) is 38.8 Å². The lowest BCUT2D eigenvalue weighted by atomic mass is 9.76. The van der Waals surface area contributed by atoms with E-state index in [1.54, 1.807) is 6.20 Å². The maximum absolute atomic E-state index is 13.6. The van der Waals surface area contributed by atoms with Gasteiger partial charge in [-0.2, -0.15) is 0 Å². The minimum Gasteiger partial charge on any atom is -0.369 e. The highest BCUT2D eigenvalue weighted by molar-refractivity contribution is 6.01. The molecule has 3 heterocycles. The van der Waals surface area contributed by atoms with Crippen LogP contribution in [0.15, 0.2) is 47.4 Å². The SMILES string of the molecule is Cc1nccc(-c2ccccc2)c1C(=O)N1CCC2(CCc3c2nc(N)[nH]c3=O)CC1. The number of nitrogens with two attached hydrogens (primary N) is 1. The molecule has 7 heteroatoms. The number of piperidine rings is 1. The molecule has 158 valence electrons. The lowest BCUT2D eigenvalue weighted by Gasteiger charge is -2.39. The van der Waals surface area contributed by atoms with Crippen molar-refractivity contribution in [2.75, 3.05) is 18.8 Å². The van der Waals surface area contributed by atoms with E-state index in [-0.39, 0.29) is 22.8 Å². The van der Waals surface area contributed by atoms with E-state index in [1.165, 1.54) is 0 Å². The summed E-state index contributed by atoms with van der Waals surface area (Å²) in [6.07, 6.45) is 4.91. The highest BCUT2D eigenvalue weighted by atomic mass is 16.2. The maximum Gasteiger partial charge on any atom is 0.256 e. The van der Waals surface area contributed by atoms with Gasteiger partial charge in [0.2, 0.25) is 5.95 Å². The number of nitrogens with one attached hydrogen (secondary N) is 1. The number of pyridine rings is 1. The van der Waals surface area contributed by atoms with Gasteiger partial charge < -0.3 is 10.6 Å². The van der Waals surface area contributed by atoms with Gasteiger partial charge in [0.1, 0.15) is 0 Å². The Hall–Kier alpha value is -3.48. The van der Waals surface area contributed by atoms with Crippen LogP contribution in [0.3, 0.4) is 0 Å². The molecular weight excluding hydrogens is 390 g/mol. The third-order valence-electron chi connectivity index (χ3n) is 6.84. The van der Waals surface area contributed by atoms with Gasteiger partial charge in [0.25, 0.3) is 11.5 Å². The second-order valence-electron chi connectivity index (χ2n) is 8.54. The quantitative estimate of drug-likeness (QED) is 0.670. The van der Waals surface area contributed by atoms with Gasteiger partial charge in [-0.3, -0.25) is 19.6 Å². The molecule has 0 atom stereocenters. The number of H-pyrrole nitrogens is 1. The number of aryl methyl sites for hydroxylation is 1. The molecule has 3 N–H and O–H groups in total. The first-order valence-corrected chi connectivity index (χ1v) is 10.7. The molecule has 1 amide bonds. The number of carbonyl (C=O) groups excluding carboxylic acids is 1. The van der Waals surface area contributed by atoms with Gasteiger partial charge >= 0.3 is 0 Å². The number of nitrogen functional groups attached to an aromatic ring is 1. The zero-order valence-electron chi connectivity index (χ0n) is 17.5. The third-order valence-corrected chi connectivity index (χ3v) is 6.84. The van der Waals surface area contributed by atoms with E-state index in [1.807, 2.05) is 48.2 Å². The zero-order chi connectivity index (χ0) is 21.6. The second kappa shape index (κ2) is 7.34. The van der Waals surface area contributed by atoms with Crippen LogP contribution in [0.2, 0.25) is 0 Å². The van der Waals surface area contributed by atoms with Gasteiger partial charge in [-0.05, 0) is 49.8 Å². The first kappa shape index (κ1) is 19.5. The second-order valence-corrected chi connectivity index (χ2v) is 8.54. The number of anilines is 1. The van der Waals surface area contributed by atoms with Gasteiger partial charge in [-0.25, -0.2) is 4.98 Å². The molecular formula is C24H25N5O2. The highest BCUT2D eigenvalue weighted by Gasteiger charge is 2.44. The van der Waals surface area contributed by atoms with Crippen molar-refractivity contribution in [1.29, 1.82) is 0 Å². The van der Waals surface area contributed by atoms with Gasteiger partial charge in [0.05, 0.1) is 17.0 Å². The van der Waals surface area contributed by atoms with Crippen LogP contribution >= 0.6 is 0 Å². The zero-order valence-corrected chi connectivity index (χ0v) is 17.5. The number of carbonyl (C=O) groups is 1. The molecule has 1 aliphatic heterocycles. The molecule has 0 unspecified atom stereocenters. The minimum atomic E-state index is -0.166. The molecule has 1 aliphatic carbocycles. The molecule has 0 saturated carbocycles. The molecule has 1 aromatic carbocycles. The van der Waals surface area contributed by atoms with Crippen molar-refractivity contribution in [3.63, 3.8) is 0 Å². The highest BCUT2D eigenvalue weighted by Crippen LogP contribution is 2.44. The van der Waals surface area contributed by atoms with Crippen molar-refractivity contribution in [3.05, 3.63) is 75.5 Å². The molecule has 1 fully saturated rings. The van der Waals surface area contributed by atoms with Crippen molar-refractivity contribution in [2.24, 2.45) is 0 Å². The average molecular weight is 415 g/mol. The van der Waals surface area contributed by atoms with Crippen molar-refractivity contribution in [1.82, 2.24) is 19.9 Å². The molecule has 1 saturated heterocycles. The summed E-state index contributed by atoms with van der Waals surface area (Å²) in [7, 11) is 0. The fraction of sp³-hybridized carbons (Fsp3) is 0.333. The third kappa shape index (κ3) is 3.21. The smallest absolute Gasteiger partial charge is 0.256 e. The van der Waals surface area contributed by atoms with E-state index < -0.39 is 0 Å². The maximum atomic E-state index is 13.6. The number of nitrogens with zero attached hydrogens (tertiary/aromatic N) is 3. The predicted molar refractivity (Wildman–Crippen MR) is 119 cm³/mol. The van der Waals surface area contributed by atoms with E-state index in [2.05, 4.69) is 15.0 Å². The average Bonchev–Trinajstić information content (AvgIpc) is 3.12. The number of fused-ring (bicyclic) bond motifs is 2. The van der Waals surface area contributed by atoms with Crippen LogP contribution in [0.4, 0.5) is 5.95 Å². The first-order valence-electron chi connectivity index (χ1n) is 10.7. The van der Waals surface area contributed by atoms with Crippen LogP contribution in [0.25, 0.3) is 11.1 Å². The normalized spacial score (nSPS) is 17.0. The summed E-state index contributed by atoms with van der Waals surface area (Å²) < 4.78 is 0. The number of amides is 1. The van der Waals surface area contributed by atoms with Crippen molar-refractivity contribution in [2.45, 2.75) is 38.0 Å². The van der Waals surface area contributed by atoms with Crippen LogP contribution in [0.1, 0.15) is 46.6 Å². The molecule has 0 bridgehead atoms. The van der Waals surface area contributed by atoms with Crippen LogP contribution in [-0.2, 0) is 11.8 Å². The van der Waals surface area contributed by atoms with Crippen LogP contribution < -0.4 is 11.3 Å². The number of hydrogen-bond donors (Lipinski definition) is 2. The van der Waals surface area contributed by atoms with Crippen LogP contribution in [0.5, 0.6) is 0 Å². The summed E-state index contributed by atoms with van der Waals surface area (Å²) >= 11 is 0. The summed E-state index contributed by atoms with van der Waals surface area (Å²) in [5.41, 5.74) is 10.4. The summed E-state index contributed by atoms with van der Waals surface area (Å²) in [5.74, 6) is 0.179. The summed E-state index contributed by atoms with van der Waals surface area (Å²) in [5, 5.41) is 0. The Bertz CT molecular complexity index is 1210. The molecule has 2 aromatic heterocycles. The number of aromatic nitrogens is 3. The van der Waals surface area contributed by atoms with E-state index in [0.717, 1.165) is 47.3 Å². The monoisotopic (exact) mass is 415 g/mol. The van der Waals surface area contributed by atoms with E-state index in [0.29, 0.717) is 25.1 Å². The Morgan fingerprint density at radius 2 is 1.87 bits per heavy atom. The summed E-state index contributed by atoms with van der Waals surface area (Å²) in [6.45, 7) is 3.13. The minimum absolute atomic E-state index is 0.0101. The Labute approximate surface area is 180 Å². The molecule has 7 nitrogen and oxygen atoms in total. The van der Waals surface area contributed by atoms with Gasteiger partial charge in [-0.1, -0.05) is 30.3 Å². The van der Waals surface area contributed by atoms with E-state index in [9.17, 15) is 9.59 Å². The Morgan fingerprint density at radius 1 is 1.13 bits per heavy atom. The topological polar surface area (TPSA) is 105 Å². The van der Waals surface area contributed by atoms with Crippen LogP contribution in [0, 0.1) is 6.92 Å². The van der Waals surface area contributed by atoms with Crippen molar-refractivity contribution >= 4 is 11.9 Å². The molecule has 2 aliphatic rings. The molecule has 5 rings (SSSR count). The number of aromatic amines is 1. The van der Waals surface area contributed by atoms with Gasteiger partial charge in [0, 0.05) is 30.3 Å². The standard InChI is InChI=1S/C24H25N5O2/c1-15-19(17(8-12-26-15)16-5-3-2-4-6-16)22(31)29-13-10-24(11-14-29)9-7-18-20(24)27-23(25)28-21(18)30/h2-6,8,12H,7,9-11,13-14H2,1H3,(H3,25,27,28,30). The van der Waals surface area contributed by atoms with Crippen molar-refractivity contribution < 1.29 is 4.79 Å². The van der Waals surface area contributed by atoms with Gasteiger partial charge in [-0.15, -0.1) is 0 Å². The Kier molecular flexibility index (Phi) is 4.61. The van der Waals surface area contributed by atoms with E-state index in [4.69, 9.17) is 5.73 Å². The lowest BCUT2D eigenvalue weighted by Crippen LogP contribution is -2.45. The van der Waals surface area contributed by atoms with Crippen molar-refractivity contribution in [3.8, 4) is 11.1 Å². The van der Waals surface area contributed by atoms with Gasteiger partial charge in [0.15, 0.2) is 0 Å². The lowest BCUT2D eigenvalue weighted by molar-refractivity contribution is 0.0663. The molecule has 31 heavy (non-hydrogen) atoms. The summed E-state index contributed by atoms with van der Waals surface area (Å²) in [6, 6.07) is 11.9. The summed E-state index contributed by atoms with van der Waals surface area (Å²) in [4.78, 5) is 39.3. The fourth-order valence-electron chi connectivity index (χ4n) is 5.15. The Morgan fingerprint density at radius 3 is 2.61 bits per heavy atom.